The van der Waals surface area contributed by atoms with Crippen LogP contribution in [-0.2, 0) is 11.3 Å². The summed E-state index contributed by atoms with van der Waals surface area (Å²) in [6.07, 6.45) is 7.17. The third-order valence-corrected chi connectivity index (χ3v) is 4.89. The number of nitrogens with zero attached hydrogens (tertiary/aromatic N) is 4. The highest BCUT2D eigenvalue weighted by Crippen LogP contribution is 2.28. The van der Waals surface area contributed by atoms with Gasteiger partial charge in [-0.25, -0.2) is 0 Å². The molecule has 3 rings (SSSR count). The number of hydrogen-bond acceptors (Lipinski definition) is 5. The average Bonchev–Trinajstić information content (AvgIpc) is 3.17. The summed E-state index contributed by atoms with van der Waals surface area (Å²) in [4.78, 5) is 16.6. The number of carbonyl (C=O) groups is 1. The number of aryl methyl sites for hydroxylation is 1. The first-order chi connectivity index (χ1) is 10.7. The van der Waals surface area contributed by atoms with Crippen LogP contribution in [0.3, 0.4) is 0 Å². The summed E-state index contributed by atoms with van der Waals surface area (Å²) in [5.41, 5.74) is 0. The topological polar surface area (TPSA) is 62.5 Å². The summed E-state index contributed by atoms with van der Waals surface area (Å²) in [6.45, 7) is 5.89. The van der Waals surface area contributed by atoms with E-state index in [9.17, 15) is 4.79 Å². The van der Waals surface area contributed by atoms with Crippen molar-refractivity contribution in [2.75, 3.05) is 26.2 Å². The molecule has 22 heavy (non-hydrogen) atoms. The van der Waals surface area contributed by atoms with Gasteiger partial charge in [0.25, 0.3) is 0 Å². The van der Waals surface area contributed by atoms with E-state index in [1.807, 2.05) is 4.90 Å². The minimum atomic E-state index is 0.334. The van der Waals surface area contributed by atoms with E-state index in [0.717, 1.165) is 44.9 Å². The van der Waals surface area contributed by atoms with Crippen molar-refractivity contribution in [3.63, 3.8) is 0 Å². The van der Waals surface area contributed by atoms with Gasteiger partial charge < -0.3 is 9.32 Å². The zero-order chi connectivity index (χ0) is 15.4. The molecule has 122 valence electrons. The van der Waals surface area contributed by atoms with Gasteiger partial charge >= 0.3 is 0 Å². The van der Waals surface area contributed by atoms with E-state index in [2.05, 4.69) is 15.1 Å². The van der Waals surface area contributed by atoms with Crippen LogP contribution in [0.4, 0.5) is 0 Å². The van der Waals surface area contributed by atoms with Gasteiger partial charge in [-0.1, -0.05) is 25.7 Å². The Balaban J connectivity index is 1.38. The van der Waals surface area contributed by atoms with Crippen LogP contribution in [0, 0.1) is 12.8 Å². The number of rotatable bonds is 5. The molecule has 1 saturated carbocycles. The Hall–Kier alpha value is -1.43. The first kappa shape index (κ1) is 15.5. The smallest absolute Gasteiger partial charge is 0.230 e. The van der Waals surface area contributed by atoms with Gasteiger partial charge in [0.1, 0.15) is 0 Å². The lowest BCUT2D eigenvalue weighted by Gasteiger charge is -2.34. The fraction of sp³-hybridized carbons (Fsp3) is 0.812. The van der Waals surface area contributed by atoms with E-state index < -0.39 is 0 Å². The molecule has 1 aromatic heterocycles. The van der Waals surface area contributed by atoms with E-state index in [-0.39, 0.29) is 0 Å². The molecule has 0 atom stereocenters. The van der Waals surface area contributed by atoms with E-state index in [1.165, 1.54) is 25.7 Å². The Morgan fingerprint density at radius 1 is 1.18 bits per heavy atom. The fourth-order valence-electron chi connectivity index (χ4n) is 3.53. The molecule has 1 aromatic rings. The molecule has 2 fully saturated rings. The SMILES string of the molecule is Cc1nnc(CN2CCN(C(=O)CCC3CCCC3)CC2)o1. The van der Waals surface area contributed by atoms with E-state index in [0.29, 0.717) is 24.2 Å². The molecule has 2 heterocycles. The predicted molar refractivity (Wildman–Crippen MR) is 82.1 cm³/mol. The molecule has 6 nitrogen and oxygen atoms in total. The summed E-state index contributed by atoms with van der Waals surface area (Å²) >= 11 is 0. The van der Waals surface area contributed by atoms with Gasteiger partial charge in [-0.05, 0) is 12.3 Å². The molecule has 0 aromatic carbocycles. The van der Waals surface area contributed by atoms with Crippen molar-refractivity contribution < 1.29 is 9.21 Å². The second kappa shape index (κ2) is 7.22. The molecule has 2 aliphatic rings. The van der Waals surface area contributed by atoms with Crippen molar-refractivity contribution in [1.29, 1.82) is 0 Å². The molecule has 0 spiro atoms. The van der Waals surface area contributed by atoms with Crippen molar-refractivity contribution in [2.45, 2.75) is 52.0 Å². The lowest BCUT2D eigenvalue weighted by atomic mass is 10.0. The highest BCUT2D eigenvalue weighted by atomic mass is 16.4. The number of carbonyl (C=O) groups excluding carboxylic acids is 1. The first-order valence-corrected chi connectivity index (χ1v) is 8.50. The molecule has 0 unspecified atom stereocenters. The minimum absolute atomic E-state index is 0.334. The summed E-state index contributed by atoms with van der Waals surface area (Å²) in [7, 11) is 0. The standard InChI is InChI=1S/C16H26N4O2/c1-13-17-18-15(22-13)12-19-8-10-20(11-9-19)16(21)7-6-14-4-2-3-5-14/h14H,2-12H2,1H3. The quantitative estimate of drug-likeness (QED) is 0.832. The van der Waals surface area contributed by atoms with Crippen LogP contribution in [0.1, 0.15) is 50.3 Å². The van der Waals surface area contributed by atoms with Crippen LogP contribution in [0.15, 0.2) is 4.42 Å². The molecule has 0 radical (unpaired) electrons. The maximum absolute atomic E-state index is 12.3. The molecule has 1 saturated heterocycles. The molecular weight excluding hydrogens is 280 g/mol. The van der Waals surface area contributed by atoms with Gasteiger partial charge in [-0.15, -0.1) is 10.2 Å². The monoisotopic (exact) mass is 306 g/mol. The second-order valence-electron chi connectivity index (χ2n) is 6.56. The van der Waals surface area contributed by atoms with Gasteiger partial charge in [0.05, 0.1) is 6.54 Å². The van der Waals surface area contributed by atoms with Crippen LogP contribution in [0.25, 0.3) is 0 Å². The van der Waals surface area contributed by atoms with Crippen LogP contribution in [0.2, 0.25) is 0 Å². The second-order valence-corrected chi connectivity index (χ2v) is 6.56. The van der Waals surface area contributed by atoms with Crippen LogP contribution >= 0.6 is 0 Å². The summed E-state index contributed by atoms with van der Waals surface area (Å²) < 4.78 is 5.41. The Kier molecular flexibility index (Phi) is 5.08. The Bertz CT molecular complexity index is 488. The maximum atomic E-state index is 12.3. The zero-order valence-electron chi connectivity index (χ0n) is 13.5. The van der Waals surface area contributed by atoms with Gasteiger partial charge in [0.15, 0.2) is 0 Å². The summed E-state index contributed by atoms with van der Waals surface area (Å²) in [6, 6.07) is 0. The molecule has 1 aliphatic heterocycles. The van der Waals surface area contributed by atoms with Crippen molar-refractivity contribution >= 4 is 5.91 Å². The van der Waals surface area contributed by atoms with E-state index in [1.54, 1.807) is 6.92 Å². The Labute approximate surface area is 131 Å². The van der Waals surface area contributed by atoms with Gasteiger partial charge in [0.2, 0.25) is 17.7 Å². The van der Waals surface area contributed by atoms with Crippen LogP contribution < -0.4 is 0 Å². The lowest BCUT2D eigenvalue weighted by molar-refractivity contribution is -0.133. The highest BCUT2D eigenvalue weighted by Gasteiger charge is 2.23. The van der Waals surface area contributed by atoms with E-state index >= 15 is 0 Å². The fourth-order valence-corrected chi connectivity index (χ4v) is 3.53. The predicted octanol–water partition coefficient (Wildman–Crippen LogP) is 1.99. The van der Waals surface area contributed by atoms with Gasteiger partial charge in [0, 0.05) is 39.5 Å². The third-order valence-electron chi connectivity index (χ3n) is 4.89. The van der Waals surface area contributed by atoms with Crippen molar-refractivity contribution in [1.82, 2.24) is 20.0 Å². The number of amides is 1. The summed E-state index contributed by atoms with van der Waals surface area (Å²) in [5, 5.41) is 7.88. The Morgan fingerprint density at radius 2 is 1.91 bits per heavy atom. The molecule has 6 heteroatoms. The highest BCUT2D eigenvalue weighted by molar-refractivity contribution is 5.76. The minimum Gasteiger partial charge on any atom is -0.424 e. The zero-order valence-corrected chi connectivity index (χ0v) is 13.5. The first-order valence-electron chi connectivity index (χ1n) is 8.50. The lowest BCUT2D eigenvalue weighted by Crippen LogP contribution is -2.48. The van der Waals surface area contributed by atoms with Crippen LogP contribution in [-0.4, -0.2) is 52.1 Å². The van der Waals surface area contributed by atoms with Crippen molar-refractivity contribution in [2.24, 2.45) is 5.92 Å². The Morgan fingerprint density at radius 3 is 2.55 bits per heavy atom. The number of aromatic nitrogens is 2. The number of hydrogen-bond donors (Lipinski definition) is 0. The number of piperazine rings is 1. The molecule has 1 aliphatic carbocycles. The van der Waals surface area contributed by atoms with Gasteiger partial charge in [-0.3, -0.25) is 9.69 Å². The molecule has 0 N–H and O–H groups in total. The average molecular weight is 306 g/mol. The van der Waals surface area contributed by atoms with Gasteiger partial charge in [-0.2, -0.15) is 0 Å². The van der Waals surface area contributed by atoms with E-state index in [4.69, 9.17) is 4.42 Å². The van der Waals surface area contributed by atoms with Crippen molar-refractivity contribution in [3.8, 4) is 0 Å². The largest absolute Gasteiger partial charge is 0.424 e. The maximum Gasteiger partial charge on any atom is 0.230 e. The molecular formula is C16H26N4O2. The summed E-state index contributed by atoms with van der Waals surface area (Å²) in [5.74, 6) is 2.40. The van der Waals surface area contributed by atoms with Crippen molar-refractivity contribution in [3.05, 3.63) is 11.8 Å². The third kappa shape index (κ3) is 4.06. The molecule has 1 amide bonds. The normalized spacial score (nSPS) is 20.7. The molecule has 0 bridgehead atoms. The van der Waals surface area contributed by atoms with Crippen LogP contribution in [0.5, 0.6) is 0 Å².